The van der Waals surface area contributed by atoms with Gasteiger partial charge in [-0.25, -0.2) is 4.98 Å². The van der Waals surface area contributed by atoms with E-state index in [1.54, 1.807) is 13.3 Å². The van der Waals surface area contributed by atoms with Crippen LogP contribution in [0.3, 0.4) is 0 Å². The second kappa shape index (κ2) is 8.69. The molecule has 0 aliphatic carbocycles. The SMILES string of the molecule is CCC1CC(CC)OC(CCc2ccc(OC)cc2)(Cn2ccnc2)O1. The first-order valence-electron chi connectivity index (χ1n) is 9.60. The number of aryl methyl sites for hydroxylation is 1. The molecule has 1 aliphatic heterocycles. The van der Waals surface area contributed by atoms with Crippen molar-refractivity contribution in [3.05, 3.63) is 48.5 Å². The largest absolute Gasteiger partial charge is 0.497 e. The molecule has 2 atom stereocenters. The quantitative estimate of drug-likeness (QED) is 0.709. The number of hydrogen-bond donors (Lipinski definition) is 0. The van der Waals surface area contributed by atoms with E-state index in [1.165, 1.54) is 5.56 Å². The molecule has 5 nitrogen and oxygen atoms in total. The standard InChI is InChI=1S/C21H30N2O3/c1-4-18-14-19(5-2)26-21(25-18,15-23-13-12-22-16-23)11-10-17-6-8-20(24-3)9-7-17/h6-9,12-13,16,18-19H,4-5,10-11,14-15H2,1-3H3. The van der Waals surface area contributed by atoms with Crippen molar-refractivity contribution < 1.29 is 14.2 Å². The highest BCUT2D eigenvalue weighted by molar-refractivity contribution is 5.27. The lowest BCUT2D eigenvalue weighted by atomic mass is 9.99. The van der Waals surface area contributed by atoms with Crippen LogP contribution in [-0.4, -0.2) is 34.7 Å². The van der Waals surface area contributed by atoms with E-state index in [1.807, 2.05) is 24.7 Å². The Morgan fingerprint density at radius 3 is 2.38 bits per heavy atom. The number of methoxy groups -OCH3 is 1. The maximum atomic E-state index is 6.50. The van der Waals surface area contributed by atoms with Crippen LogP contribution in [-0.2, 0) is 22.4 Å². The van der Waals surface area contributed by atoms with Gasteiger partial charge in [0.25, 0.3) is 0 Å². The molecule has 0 N–H and O–H groups in total. The molecule has 0 radical (unpaired) electrons. The average Bonchev–Trinajstić information content (AvgIpc) is 3.19. The van der Waals surface area contributed by atoms with Crippen molar-refractivity contribution in [2.45, 2.75) is 70.5 Å². The molecule has 1 saturated heterocycles. The lowest BCUT2D eigenvalue weighted by Gasteiger charge is -2.45. The summed E-state index contributed by atoms with van der Waals surface area (Å²) in [6.07, 6.45) is 10.8. The Morgan fingerprint density at radius 2 is 1.85 bits per heavy atom. The molecule has 0 bridgehead atoms. The Kier molecular flexibility index (Phi) is 6.33. The number of aromatic nitrogens is 2. The number of ether oxygens (including phenoxy) is 3. The van der Waals surface area contributed by atoms with Crippen molar-refractivity contribution >= 4 is 0 Å². The van der Waals surface area contributed by atoms with Crippen LogP contribution in [0.2, 0.25) is 0 Å². The first kappa shape index (κ1) is 18.9. The van der Waals surface area contributed by atoms with Gasteiger partial charge in [-0.15, -0.1) is 0 Å². The topological polar surface area (TPSA) is 45.5 Å². The lowest BCUT2D eigenvalue weighted by molar-refractivity contribution is -0.326. The number of imidazole rings is 1. The molecule has 0 saturated carbocycles. The predicted octanol–water partition coefficient (Wildman–Crippen LogP) is 4.21. The second-order valence-corrected chi connectivity index (χ2v) is 7.03. The molecule has 3 rings (SSSR count). The minimum atomic E-state index is -0.611. The Balaban J connectivity index is 1.77. The molecule has 0 spiro atoms. The molecule has 0 amide bonds. The summed E-state index contributed by atoms with van der Waals surface area (Å²) in [5, 5.41) is 0. The van der Waals surface area contributed by atoms with Crippen LogP contribution in [0.15, 0.2) is 43.0 Å². The fourth-order valence-electron chi connectivity index (χ4n) is 3.58. The second-order valence-electron chi connectivity index (χ2n) is 7.03. The van der Waals surface area contributed by atoms with Crippen LogP contribution in [0.1, 0.15) is 45.1 Å². The van der Waals surface area contributed by atoms with Crippen molar-refractivity contribution in [2.24, 2.45) is 0 Å². The van der Waals surface area contributed by atoms with Gasteiger partial charge < -0.3 is 18.8 Å². The van der Waals surface area contributed by atoms with Crippen LogP contribution < -0.4 is 4.74 Å². The summed E-state index contributed by atoms with van der Waals surface area (Å²) in [5.74, 6) is 0.268. The van der Waals surface area contributed by atoms with E-state index in [-0.39, 0.29) is 12.2 Å². The van der Waals surface area contributed by atoms with E-state index in [0.717, 1.165) is 37.9 Å². The van der Waals surface area contributed by atoms with Gasteiger partial charge in [0.1, 0.15) is 5.75 Å². The highest BCUT2D eigenvalue weighted by atomic mass is 16.7. The maximum absolute atomic E-state index is 6.50. The third-order valence-corrected chi connectivity index (χ3v) is 5.14. The van der Waals surface area contributed by atoms with Crippen LogP contribution in [0.4, 0.5) is 0 Å². The van der Waals surface area contributed by atoms with Crippen LogP contribution in [0.5, 0.6) is 5.75 Å². The first-order chi connectivity index (χ1) is 12.7. The summed E-state index contributed by atoms with van der Waals surface area (Å²) in [4.78, 5) is 4.17. The Labute approximate surface area is 156 Å². The predicted molar refractivity (Wildman–Crippen MR) is 101 cm³/mol. The van der Waals surface area contributed by atoms with Gasteiger partial charge in [0.15, 0.2) is 5.79 Å². The van der Waals surface area contributed by atoms with E-state index >= 15 is 0 Å². The molecule has 5 heteroatoms. The average molecular weight is 358 g/mol. The monoisotopic (exact) mass is 358 g/mol. The van der Waals surface area contributed by atoms with Gasteiger partial charge >= 0.3 is 0 Å². The summed E-state index contributed by atoms with van der Waals surface area (Å²) in [5.41, 5.74) is 1.26. The third kappa shape index (κ3) is 4.65. The molecular weight excluding hydrogens is 328 g/mol. The summed E-state index contributed by atoms with van der Waals surface area (Å²) < 4.78 is 20.3. The zero-order chi connectivity index (χ0) is 18.4. The smallest absolute Gasteiger partial charge is 0.187 e. The summed E-state index contributed by atoms with van der Waals surface area (Å²) in [6.45, 7) is 5.04. The van der Waals surface area contributed by atoms with Crippen LogP contribution in [0.25, 0.3) is 0 Å². The van der Waals surface area contributed by atoms with Crippen molar-refractivity contribution in [2.75, 3.05) is 7.11 Å². The molecule has 1 aromatic carbocycles. The normalized spacial score (nSPS) is 26.0. The van der Waals surface area contributed by atoms with E-state index in [4.69, 9.17) is 14.2 Å². The van der Waals surface area contributed by atoms with Gasteiger partial charge in [-0.05, 0) is 37.0 Å². The number of hydrogen-bond acceptors (Lipinski definition) is 4. The van der Waals surface area contributed by atoms with Crippen molar-refractivity contribution in [3.63, 3.8) is 0 Å². The van der Waals surface area contributed by atoms with Crippen LogP contribution in [0, 0.1) is 0 Å². The fraction of sp³-hybridized carbons (Fsp3) is 0.571. The Hall–Kier alpha value is -1.85. The molecule has 2 aromatic rings. The zero-order valence-corrected chi connectivity index (χ0v) is 16.1. The maximum Gasteiger partial charge on any atom is 0.187 e. The van der Waals surface area contributed by atoms with Gasteiger partial charge in [-0.3, -0.25) is 0 Å². The van der Waals surface area contributed by atoms with E-state index in [9.17, 15) is 0 Å². The van der Waals surface area contributed by atoms with Gasteiger partial charge in [-0.1, -0.05) is 26.0 Å². The Morgan fingerprint density at radius 1 is 1.15 bits per heavy atom. The summed E-state index contributed by atoms with van der Waals surface area (Å²) >= 11 is 0. The van der Waals surface area contributed by atoms with Gasteiger partial charge in [0.05, 0.1) is 32.2 Å². The minimum Gasteiger partial charge on any atom is -0.497 e. The third-order valence-electron chi connectivity index (χ3n) is 5.14. The van der Waals surface area contributed by atoms with E-state index in [0.29, 0.717) is 6.54 Å². The number of nitrogens with zero attached hydrogens (tertiary/aromatic N) is 2. The Bertz CT molecular complexity index is 642. The lowest BCUT2D eigenvalue weighted by Crippen LogP contribution is -2.51. The van der Waals surface area contributed by atoms with Gasteiger partial charge in [0.2, 0.25) is 0 Å². The molecule has 1 fully saturated rings. The summed E-state index contributed by atoms with van der Waals surface area (Å²) in [7, 11) is 1.69. The molecule has 2 heterocycles. The minimum absolute atomic E-state index is 0.244. The number of benzene rings is 1. The number of rotatable bonds is 8. The first-order valence-corrected chi connectivity index (χ1v) is 9.60. The molecule has 1 aromatic heterocycles. The molecule has 26 heavy (non-hydrogen) atoms. The van der Waals surface area contributed by atoms with Crippen LogP contribution >= 0.6 is 0 Å². The highest BCUT2D eigenvalue weighted by Crippen LogP contribution is 2.35. The van der Waals surface area contributed by atoms with E-state index < -0.39 is 5.79 Å². The summed E-state index contributed by atoms with van der Waals surface area (Å²) in [6, 6.07) is 8.23. The molecule has 2 unspecified atom stereocenters. The van der Waals surface area contributed by atoms with Gasteiger partial charge in [-0.2, -0.15) is 0 Å². The van der Waals surface area contributed by atoms with E-state index in [2.05, 4.69) is 35.5 Å². The van der Waals surface area contributed by atoms with Crippen molar-refractivity contribution in [3.8, 4) is 5.75 Å². The van der Waals surface area contributed by atoms with Crippen molar-refractivity contribution in [1.82, 2.24) is 9.55 Å². The zero-order valence-electron chi connectivity index (χ0n) is 16.1. The highest BCUT2D eigenvalue weighted by Gasteiger charge is 2.41. The molecule has 142 valence electrons. The van der Waals surface area contributed by atoms with Gasteiger partial charge in [0, 0.05) is 25.2 Å². The fourth-order valence-corrected chi connectivity index (χ4v) is 3.58. The molecular formula is C21H30N2O3. The molecule has 1 aliphatic rings. The van der Waals surface area contributed by atoms with Crippen molar-refractivity contribution in [1.29, 1.82) is 0 Å².